The molecular formula is C25H31BrN2O3. The maximum absolute atomic E-state index is 13.1. The Morgan fingerprint density at radius 2 is 1.84 bits per heavy atom. The number of likely N-dealkylation sites (tertiary alicyclic amines) is 1. The summed E-state index contributed by atoms with van der Waals surface area (Å²) < 4.78 is 0.854. The number of piperidine rings is 1. The highest BCUT2D eigenvalue weighted by molar-refractivity contribution is 9.10. The Bertz CT molecular complexity index is 969. The predicted octanol–water partition coefficient (Wildman–Crippen LogP) is 5.38. The number of carbonyl (C=O) groups is 3. The molecule has 3 rings (SSSR count). The van der Waals surface area contributed by atoms with Gasteiger partial charge in [-0.2, -0.15) is 0 Å². The van der Waals surface area contributed by atoms with Gasteiger partial charge in [0.05, 0.1) is 0 Å². The number of Topliss-reactive ketones (excluding diaryl/α,β-unsaturated/α-hetero) is 2. The molecule has 5 nitrogen and oxygen atoms in total. The number of allylic oxidation sites excluding steroid dienone is 4. The molecule has 0 saturated carbocycles. The van der Waals surface area contributed by atoms with Gasteiger partial charge < -0.3 is 10.2 Å². The quantitative estimate of drug-likeness (QED) is 0.548. The number of hydrogen-bond donors (Lipinski definition) is 1. The molecule has 0 bridgehead atoms. The lowest BCUT2D eigenvalue weighted by Crippen LogP contribution is -2.41. The molecule has 1 heterocycles. The van der Waals surface area contributed by atoms with Gasteiger partial charge in [-0.15, -0.1) is 0 Å². The van der Waals surface area contributed by atoms with Crippen molar-refractivity contribution in [2.24, 2.45) is 0 Å². The molecule has 1 aromatic carbocycles. The van der Waals surface area contributed by atoms with E-state index >= 15 is 0 Å². The molecular weight excluding hydrogens is 456 g/mol. The lowest BCUT2D eigenvalue weighted by atomic mass is 9.88. The van der Waals surface area contributed by atoms with Gasteiger partial charge in [0.15, 0.2) is 11.6 Å². The van der Waals surface area contributed by atoms with Crippen molar-refractivity contribution < 1.29 is 14.4 Å². The fraction of sp³-hybridized carbons (Fsp3) is 0.480. The summed E-state index contributed by atoms with van der Waals surface area (Å²) in [6.45, 7) is 9.00. The Hall–Kier alpha value is -2.21. The first kappa shape index (κ1) is 23.5. The molecule has 1 amide bonds. The number of rotatable bonds is 6. The molecule has 0 unspecified atom stereocenters. The lowest BCUT2D eigenvalue weighted by Gasteiger charge is -2.32. The zero-order valence-electron chi connectivity index (χ0n) is 18.8. The Labute approximate surface area is 193 Å². The van der Waals surface area contributed by atoms with Crippen molar-refractivity contribution in [2.45, 2.75) is 65.8 Å². The van der Waals surface area contributed by atoms with Crippen LogP contribution in [0.25, 0.3) is 0 Å². The highest BCUT2D eigenvalue weighted by Gasteiger charge is 2.23. The number of hydrogen-bond acceptors (Lipinski definition) is 4. The number of nitrogens with one attached hydrogen (secondary N) is 1. The van der Waals surface area contributed by atoms with E-state index in [9.17, 15) is 14.4 Å². The van der Waals surface area contributed by atoms with Crippen LogP contribution in [0, 0.1) is 6.92 Å². The maximum atomic E-state index is 13.1. The van der Waals surface area contributed by atoms with Gasteiger partial charge in [0.1, 0.15) is 0 Å². The molecule has 2 aliphatic rings. The summed E-state index contributed by atoms with van der Waals surface area (Å²) >= 11 is 3.55. The molecule has 1 aliphatic heterocycles. The monoisotopic (exact) mass is 486 g/mol. The molecule has 0 aromatic heterocycles. The Morgan fingerprint density at radius 1 is 1.16 bits per heavy atom. The number of benzene rings is 1. The summed E-state index contributed by atoms with van der Waals surface area (Å²) in [5.41, 5.74) is 5.39. The SMILES string of the molecule is CC(=O)N1CCC(Nc2cc(Br)cc(C(=O)CCC3=C(C)C=C(C)CC3=O)c2C)CC1. The van der Waals surface area contributed by atoms with Crippen LogP contribution < -0.4 is 5.32 Å². The zero-order valence-corrected chi connectivity index (χ0v) is 20.4. The number of halogens is 1. The molecule has 1 aliphatic carbocycles. The Kier molecular flexibility index (Phi) is 7.52. The number of carbonyl (C=O) groups excluding carboxylic acids is 3. The van der Waals surface area contributed by atoms with E-state index in [0.717, 1.165) is 58.4 Å². The van der Waals surface area contributed by atoms with E-state index < -0.39 is 0 Å². The van der Waals surface area contributed by atoms with Crippen molar-refractivity contribution >= 4 is 39.1 Å². The van der Waals surface area contributed by atoms with Gasteiger partial charge in [-0.05, 0) is 68.9 Å². The third-order valence-corrected chi connectivity index (χ3v) is 6.75. The first-order valence-electron chi connectivity index (χ1n) is 10.9. The van der Waals surface area contributed by atoms with Crippen molar-refractivity contribution in [1.82, 2.24) is 4.90 Å². The molecule has 166 valence electrons. The summed E-state index contributed by atoms with van der Waals surface area (Å²) in [5.74, 6) is 0.306. The highest BCUT2D eigenvalue weighted by atomic mass is 79.9. The van der Waals surface area contributed by atoms with Crippen LogP contribution in [-0.2, 0) is 9.59 Å². The first-order valence-corrected chi connectivity index (χ1v) is 11.7. The summed E-state index contributed by atoms with van der Waals surface area (Å²) in [6, 6.07) is 4.15. The number of amides is 1. The van der Waals surface area contributed by atoms with Gasteiger partial charge in [0.2, 0.25) is 5.91 Å². The van der Waals surface area contributed by atoms with Crippen LogP contribution in [-0.4, -0.2) is 41.5 Å². The summed E-state index contributed by atoms with van der Waals surface area (Å²) in [4.78, 5) is 38.9. The molecule has 0 radical (unpaired) electrons. The third-order valence-electron chi connectivity index (χ3n) is 6.29. The van der Waals surface area contributed by atoms with Crippen molar-refractivity contribution in [3.8, 4) is 0 Å². The average molecular weight is 487 g/mol. The van der Waals surface area contributed by atoms with Crippen molar-refractivity contribution in [1.29, 1.82) is 0 Å². The maximum Gasteiger partial charge on any atom is 0.219 e. The first-order chi connectivity index (χ1) is 14.7. The topological polar surface area (TPSA) is 66.5 Å². The van der Waals surface area contributed by atoms with Crippen LogP contribution in [0.1, 0.15) is 68.8 Å². The summed E-state index contributed by atoms with van der Waals surface area (Å²) in [6.07, 6.45) is 5.07. The van der Waals surface area contributed by atoms with Gasteiger partial charge in [0.25, 0.3) is 0 Å². The lowest BCUT2D eigenvalue weighted by molar-refractivity contribution is -0.129. The van der Waals surface area contributed by atoms with Gasteiger partial charge in [0, 0.05) is 54.6 Å². The normalized spacial score (nSPS) is 17.6. The summed E-state index contributed by atoms with van der Waals surface area (Å²) in [7, 11) is 0. The van der Waals surface area contributed by atoms with Gasteiger partial charge in [-0.3, -0.25) is 14.4 Å². The zero-order chi connectivity index (χ0) is 22.7. The van der Waals surface area contributed by atoms with E-state index in [1.54, 1.807) is 6.92 Å². The Morgan fingerprint density at radius 3 is 2.45 bits per heavy atom. The van der Waals surface area contributed by atoms with E-state index in [2.05, 4.69) is 21.2 Å². The van der Waals surface area contributed by atoms with E-state index in [0.29, 0.717) is 24.8 Å². The van der Waals surface area contributed by atoms with E-state index in [-0.39, 0.29) is 23.5 Å². The second-order valence-corrected chi connectivity index (χ2v) is 9.64. The van der Waals surface area contributed by atoms with Crippen LogP contribution in [0.3, 0.4) is 0 Å². The number of nitrogens with zero attached hydrogens (tertiary/aromatic N) is 1. The fourth-order valence-electron chi connectivity index (χ4n) is 4.47. The van der Waals surface area contributed by atoms with Crippen LogP contribution in [0.4, 0.5) is 5.69 Å². The van der Waals surface area contributed by atoms with Crippen molar-refractivity contribution in [2.75, 3.05) is 18.4 Å². The molecule has 0 atom stereocenters. The van der Waals surface area contributed by atoms with Gasteiger partial charge >= 0.3 is 0 Å². The Balaban J connectivity index is 1.70. The largest absolute Gasteiger partial charge is 0.382 e. The van der Waals surface area contributed by atoms with E-state index in [1.165, 1.54) is 0 Å². The molecule has 6 heteroatoms. The van der Waals surface area contributed by atoms with E-state index in [1.807, 2.05) is 43.9 Å². The van der Waals surface area contributed by atoms with E-state index in [4.69, 9.17) is 0 Å². The minimum atomic E-state index is 0.0487. The average Bonchev–Trinajstić information content (AvgIpc) is 2.69. The van der Waals surface area contributed by atoms with Gasteiger partial charge in [-0.1, -0.05) is 27.6 Å². The second-order valence-electron chi connectivity index (χ2n) is 8.73. The van der Waals surface area contributed by atoms with Crippen LogP contribution in [0.2, 0.25) is 0 Å². The van der Waals surface area contributed by atoms with Crippen molar-refractivity contribution in [3.63, 3.8) is 0 Å². The molecule has 1 aromatic rings. The summed E-state index contributed by atoms with van der Waals surface area (Å²) in [5, 5.41) is 3.58. The smallest absolute Gasteiger partial charge is 0.219 e. The minimum absolute atomic E-state index is 0.0487. The molecule has 1 saturated heterocycles. The highest BCUT2D eigenvalue weighted by Crippen LogP contribution is 2.30. The van der Waals surface area contributed by atoms with Crippen molar-refractivity contribution in [3.05, 3.63) is 50.5 Å². The van der Waals surface area contributed by atoms with Crippen LogP contribution in [0.15, 0.2) is 39.4 Å². The fourth-order valence-corrected chi connectivity index (χ4v) is 4.93. The van der Waals surface area contributed by atoms with Crippen LogP contribution in [0.5, 0.6) is 0 Å². The third kappa shape index (κ3) is 5.73. The number of anilines is 1. The predicted molar refractivity (Wildman–Crippen MR) is 127 cm³/mol. The molecule has 0 spiro atoms. The second kappa shape index (κ2) is 9.94. The van der Waals surface area contributed by atoms with Crippen LogP contribution >= 0.6 is 15.9 Å². The minimum Gasteiger partial charge on any atom is -0.382 e. The molecule has 1 fully saturated rings. The number of ketones is 2. The molecule has 1 N–H and O–H groups in total. The van der Waals surface area contributed by atoms with Gasteiger partial charge in [-0.25, -0.2) is 0 Å². The molecule has 31 heavy (non-hydrogen) atoms. The standard InChI is InChI=1S/C25H31BrN2O3/c1-15-11-16(2)21(25(31)12-15)5-6-24(30)22-13-19(26)14-23(17(22)3)27-20-7-9-28(10-8-20)18(4)29/h11,13-14,20,27H,5-10,12H2,1-4H3.